The van der Waals surface area contributed by atoms with Crippen molar-refractivity contribution in [1.29, 1.82) is 0 Å². The lowest BCUT2D eigenvalue weighted by Crippen LogP contribution is -2.12. The number of benzene rings is 1. The van der Waals surface area contributed by atoms with Gasteiger partial charge in [0.25, 0.3) is 0 Å². The largest absolute Gasteiger partial charge is 0.364 e. The van der Waals surface area contributed by atoms with Gasteiger partial charge in [0.2, 0.25) is 0 Å². The Balaban J connectivity index is 1.87. The predicted octanol–water partition coefficient (Wildman–Crippen LogP) is 3.38. The third-order valence-electron chi connectivity index (χ3n) is 2.11. The molecule has 0 aliphatic rings. The summed E-state index contributed by atoms with van der Waals surface area (Å²) in [5, 5.41) is 7.79. The molecule has 0 saturated carbocycles. The molecule has 2 rings (SSSR count). The summed E-state index contributed by atoms with van der Waals surface area (Å²) in [6, 6.07) is 7.73. The Bertz CT molecular complexity index is 459. The fourth-order valence-corrected chi connectivity index (χ4v) is 1.76. The molecule has 84 valence electrons. The van der Waals surface area contributed by atoms with Crippen LogP contribution in [0.2, 0.25) is 5.02 Å². The summed E-state index contributed by atoms with van der Waals surface area (Å²) in [6.07, 6.45) is 1.56. The molecule has 0 aliphatic carbocycles. The van der Waals surface area contributed by atoms with E-state index in [-0.39, 0.29) is 0 Å². The molecule has 1 N–H and O–H groups in total. The van der Waals surface area contributed by atoms with Gasteiger partial charge in [0.1, 0.15) is 6.26 Å². The lowest BCUT2D eigenvalue weighted by atomic mass is 10.2. The van der Waals surface area contributed by atoms with E-state index in [4.69, 9.17) is 16.1 Å². The minimum absolute atomic E-state index is 0.685. The van der Waals surface area contributed by atoms with Crippen molar-refractivity contribution >= 4 is 27.5 Å². The van der Waals surface area contributed by atoms with Crippen LogP contribution >= 0.6 is 27.5 Å². The Morgan fingerprint density at radius 1 is 1.31 bits per heavy atom. The van der Waals surface area contributed by atoms with Crippen molar-refractivity contribution in [2.24, 2.45) is 0 Å². The normalized spacial score (nSPS) is 10.6. The van der Waals surface area contributed by atoms with Crippen LogP contribution < -0.4 is 5.32 Å². The number of aromatic nitrogens is 1. The number of rotatable bonds is 4. The zero-order valence-electron chi connectivity index (χ0n) is 8.41. The third-order valence-corrected chi connectivity index (χ3v) is 3.34. The quantitative estimate of drug-likeness (QED) is 0.941. The molecule has 0 saturated heterocycles. The molecule has 0 atom stereocenters. The van der Waals surface area contributed by atoms with Gasteiger partial charge in [-0.1, -0.05) is 22.8 Å². The molecule has 0 fully saturated rings. The first-order chi connectivity index (χ1) is 7.75. The summed E-state index contributed by atoms with van der Waals surface area (Å²) >= 11 is 9.34. The fraction of sp³-hybridized carbons (Fsp3) is 0.182. The van der Waals surface area contributed by atoms with Crippen LogP contribution in [0.5, 0.6) is 0 Å². The zero-order chi connectivity index (χ0) is 11.4. The van der Waals surface area contributed by atoms with E-state index in [0.717, 1.165) is 27.3 Å². The van der Waals surface area contributed by atoms with E-state index in [0.29, 0.717) is 6.54 Å². The number of nitrogens with one attached hydrogen (secondary N) is 1. The number of nitrogens with zero attached hydrogens (tertiary/aromatic N) is 1. The number of hydrogen-bond donors (Lipinski definition) is 1. The second-order valence-electron chi connectivity index (χ2n) is 3.34. The van der Waals surface area contributed by atoms with Gasteiger partial charge in [-0.2, -0.15) is 0 Å². The van der Waals surface area contributed by atoms with Gasteiger partial charge in [0.05, 0.1) is 10.7 Å². The van der Waals surface area contributed by atoms with Crippen LogP contribution in [0.15, 0.2) is 39.5 Å². The second-order valence-corrected chi connectivity index (χ2v) is 4.60. The van der Waals surface area contributed by atoms with Crippen molar-refractivity contribution in [3.8, 4) is 0 Å². The first-order valence-electron chi connectivity index (χ1n) is 4.79. The Labute approximate surface area is 107 Å². The first kappa shape index (κ1) is 11.6. The lowest BCUT2D eigenvalue weighted by molar-refractivity contribution is 0.408. The molecule has 0 spiro atoms. The summed E-state index contributed by atoms with van der Waals surface area (Å²) in [5.74, 6) is 0. The molecule has 1 aromatic heterocycles. The highest BCUT2D eigenvalue weighted by molar-refractivity contribution is 9.10. The maximum absolute atomic E-state index is 5.99. The molecule has 1 aromatic carbocycles. The number of halogens is 2. The van der Waals surface area contributed by atoms with Crippen LogP contribution in [0.1, 0.15) is 11.3 Å². The smallest absolute Gasteiger partial charge is 0.124 e. The van der Waals surface area contributed by atoms with Gasteiger partial charge in [0.15, 0.2) is 0 Å². The van der Waals surface area contributed by atoms with Crippen LogP contribution in [-0.4, -0.2) is 5.16 Å². The van der Waals surface area contributed by atoms with Crippen molar-refractivity contribution in [2.45, 2.75) is 13.1 Å². The summed E-state index contributed by atoms with van der Waals surface area (Å²) < 4.78 is 5.65. The summed E-state index contributed by atoms with van der Waals surface area (Å²) in [7, 11) is 0. The summed E-state index contributed by atoms with van der Waals surface area (Å²) in [6.45, 7) is 1.43. The third kappa shape index (κ3) is 3.07. The first-order valence-corrected chi connectivity index (χ1v) is 5.97. The van der Waals surface area contributed by atoms with Gasteiger partial charge < -0.3 is 9.84 Å². The maximum atomic E-state index is 5.99. The molecule has 0 aliphatic heterocycles. The highest BCUT2D eigenvalue weighted by atomic mass is 79.9. The van der Waals surface area contributed by atoms with Crippen LogP contribution in [0, 0.1) is 0 Å². The van der Waals surface area contributed by atoms with Crippen LogP contribution in [-0.2, 0) is 13.1 Å². The predicted molar refractivity (Wildman–Crippen MR) is 66.2 cm³/mol. The monoisotopic (exact) mass is 300 g/mol. The molecule has 3 nitrogen and oxygen atoms in total. The topological polar surface area (TPSA) is 38.1 Å². The standard InChI is InChI=1S/C11H10BrClN2O/c12-10-2-1-8(5-11(10)13)6-14-7-9-3-4-16-15-9/h1-5,14H,6-7H2. The average Bonchev–Trinajstić information content (AvgIpc) is 2.76. The van der Waals surface area contributed by atoms with Crippen molar-refractivity contribution in [2.75, 3.05) is 0 Å². The molecule has 0 unspecified atom stereocenters. The van der Waals surface area contributed by atoms with Gasteiger partial charge in [0, 0.05) is 23.6 Å². The Hall–Kier alpha value is -0.840. The van der Waals surface area contributed by atoms with Gasteiger partial charge in [-0.15, -0.1) is 0 Å². The van der Waals surface area contributed by atoms with Gasteiger partial charge in [-0.05, 0) is 33.6 Å². The SMILES string of the molecule is Clc1cc(CNCc2ccon2)ccc1Br. The van der Waals surface area contributed by atoms with E-state index >= 15 is 0 Å². The number of hydrogen-bond acceptors (Lipinski definition) is 3. The van der Waals surface area contributed by atoms with E-state index in [9.17, 15) is 0 Å². The van der Waals surface area contributed by atoms with E-state index in [2.05, 4.69) is 26.4 Å². The maximum Gasteiger partial charge on any atom is 0.124 e. The van der Waals surface area contributed by atoms with E-state index < -0.39 is 0 Å². The van der Waals surface area contributed by atoms with Crippen molar-refractivity contribution in [3.63, 3.8) is 0 Å². The molecule has 0 radical (unpaired) electrons. The highest BCUT2D eigenvalue weighted by Crippen LogP contribution is 2.23. The molecule has 0 amide bonds. The van der Waals surface area contributed by atoms with Crippen molar-refractivity contribution < 1.29 is 4.52 Å². The average molecular weight is 302 g/mol. The molecule has 16 heavy (non-hydrogen) atoms. The lowest BCUT2D eigenvalue weighted by Gasteiger charge is -2.04. The Morgan fingerprint density at radius 3 is 2.88 bits per heavy atom. The molecule has 1 heterocycles. The van der Waals surface area contributed by atoms with Crippen molar-refractivity contribution in [3.05, 3.63) is 51.3 Å². The highest BCUT2D eigenvalue weighted by Gasteiger charge is 2.00. The zero-order valence-corrected chi connectivity index (χ0v) is 10.8. The van der Waals surface area contributed by atoms with Crippen LogP contribution in [0.4, 0.5) is 0 Å². The van der Waals surface area contributed by atoms with Gasteiger partial charge >= 0.3 is 0 Å². The van der Waals surface area contributed by atoms with E-state index in [1.165, 1.54) is 0 Å². The Morgan fingerprint density at radius 2 is 2.19 bits per heavy atom. The van der Waals surface area contributed by atoms with E-state index in [1.54, 1.807) is 6.26 Å². The molecular weight excluding hydrogens is 291 g/mol. The summed E-state index contributed by atoms with van der Waals surface area (Å²) in [4.78, 5) is 0. The van der Waals surface area contributed by atoms with Gasteiger partial charge in [-0.3, -0.25) is 0 Å². The fourth-order valence-electron chi connectivity index (χ4n) is 1.31. The molecular formula is C11H10BrClN2O. The molecule has 0 bridgehead atoms. The van der Waals surface area contributed by atoms with E-state index in [1.807, 2.05) is 24.3 Å². The minimum Gasteiger partial charge on any atom is -0.364 e. The van der Waals surface area contributed by atoms with Gasteiger partial charge in [-0.25, -0.2) is 0 Å². The minimum atomic E-state index is 0.685. The molecule has 5 heteroatoms. The Kier molecular flexibility index (Phi) is 3.98. The second kappa shape index (κ2) is 5.48. The van der Waals surface area contributed by atoms with Crippen molar-refractivity contribution in [1.82, 2.24) is 10.5 Å². The molecule has 2 aromatic rings. The summed E-state index contributed by atoms with van der Waals surface area (Å²) in [5.41, 5.74) is 2.03. The van der Waals surface area contributed by atoms with Crippen LogP contribution in [0.25, 0.3) is 0 Å². The van der Waals surface area contributed by atoms with Crippen LogP contribution in [0.3, 0.4) is 0 Å².